The second kappa shape index (κ2) is 7.34. The molecule has 0 aliphatic carbocycles. The minimum absolute atomic E-state index is 0.114. The first-order valence-corrected chi connectivity index (χ1v) is 8.69. The highest BCUT2D eigenvalue weighted by molar-refractivity contribution is 5.94. The minimum atomic E-state index is -1.04. The van der Waals surface area contributed by atoms with Gasteiger partial charge in [-0.2, -0.15) is 5.10 Å². The lowest BCUT2D eigenvalue weighted by Gasteiger charge is -2.28. The highest BCUT2D eigenvalue weighted by atomic mass is 19.2. The number of aryl methyl sites for hydroxylation is 1. The van der Waals surface area contributed by atoms with Crippen molar-refractivity contribution >= 4 is 5.91 Å². The van der Waals surface area contributed by atoms with Crippen molar-refractivity contribution < 1.29 is 18.3 Å². The standard InChI is InChI=1S/C19H17F2N5O2/c1-25-17-4-7-26(19(27)12-2-3-14(20)15(21)8-12)10-13(17)16(24-25)11-28-18-9-22-5-6-23-18/h2-3,5-6,8-9H,4,7,10-11H2,1H3. The molecule has 2 aromatic heterocycles. The number of halogens is 2. The molecule has 0 fully saturated rings. The maximum absolute atomic E-state index is 13.5. The zero-order valence-corrected chi connectivity index (χ0v) is 15.1. The number of fused-ring (bicyclic) bond motifs is 1. The Kier molecular flexibility index (Phi) is 4.72. The van der Waals surface area contributed by atoms with E-state index in [-0.39, 0.29) is 18.1 Å². The molecule has 0 N–H and O–H groups in total. The van der Waals surface area contributed by atoms with Gasteiger partial charge in [0.2, 0.25) is 5.88 Å². The molecule has 9 heteroatoms. The van der Waals surface area contributed by atoms with Gasteiger partial charge in [-0.1, -0.05) is 0 Å². The SMILES string of the molecule is Cn1nc(COc2cnccn2)c2c1CCN(C(=O)c1ccc(F)c(F)c1)C2. The topological polar surface area (TPSA) is 73.1 Å². The lowest BCUT2D eigenvalue weighted by Crippen LogP contribution is -2.36. The molecule has 1 aliphatic rings. The van der Waals surface area contributed by atoms with Gasteiger partial charge in [0.25, 0.3) is 5.91 Å². The van der Waals surface area contributed by atoms with Crippen molar-refractivity contribution in [3.8, 4) is 5.88 Å². The third kappa shape index (κ3) is 3.42. The van der Waals surface area contributed by atoms with Gasteiger partial charge in [0.05, 0.1) is 6.20 Å². The second-order valence-corrected chi connectivity index (χ2v) is 6.43. The van der Waals surface area contributed by atoms with Crippen LogP contribution >= 0.6 is 0 Å². The largest absolute Gasteiger partial charge is 0.470 e. The van der Waals surface area contributed by atoms with E-state index in [1.165, 1.54) is 18.5 Å². The van der Waals surface area contributed by atoms with Crippen molar-refractivity contribution in [3.05, 3.63) is 70.9 Å². The highest BCUT2D eigenvalue weighted by Crippen LogP contribution is 2.24. The normalized spacial score (nSPS) is 13.3. The zero-order valence-electron chi connectivity index (χ0n) is 15.1. The van der Waals surface area contributed by atoms with Gasteiger partial charge in [0, 0.05) is 55.8 Å². The van der Waals surface area contributed by atoms with E-state index in [9.17, 15) is 13.6 Å². The number of carbonyl (C=O) groups excluding carboxylic acids is 1. The number of carbonyl (C=O) groups is 1. The first kappa shape index (κ1) is 18.0. The number of amides is 1. The second-order valence-electron chi connectivity index (χ2n) is 6.43. The van der Waals surface area contributed by atoms with Gasteiger partial charge < -0.3 is 9.64 Å². The van der Waals surface area contributed by atoms with Crippen molar-refractivity contribution in [1.29, 1.82) is 0 Å². The van der Waals surface area contributed by atoms with Gasteiger partial charge in [0.1, 0.15) is 12.3 Å². The Labute approximate surface area is 159 Å². The summed E-state index contributed by atoms with van der Waals surface area (Å²) in [6, 6.07) is 3.17. The van der Waals surface area contributed by atoms with E-state index in [0.717, 1.165) is 23.4 Å². The first-order chi connectivity index (χ1) is 13.5. The highest BCUT2D eigenvalue weighted by Gasteiger charge is 2.28. The molecule has 28 heavy (non-hydrogen) atoms. The molecule has 0 radical (unpaired) electrons. The molecule has 0 atom stereocenters. The Hall–Kier alpha value is -3.36. The quantitative estimate of drug-likeness (QED) is 0.689. The Morgan fingerprint density at radius 3 is 2.86 bits per heavy atom. The van der Waals surface area contributed by atoms with E-state index in [1.54, 1.807) is 15.8 Å². The van der Waals surface area contributed by atoms with E-state index in [0.29, 0.717) is 31.1 Å². The van der Waals surface area contributed by atoms with Gasteiger partial charge in [-0.3, -0.25) is 14.5 Å². The molecule has 3 aromatic rings. The summed E-state index contributed by atoms with van der Waals surface area (Å²) in [5.41, 5.74) is 2.73. The van der Waals surface area contributed by atoms with Crippen molar-refractivity contribution in [2.24, 2.45) is 7.05 Å². The van der Waals surface area contributed by atoms with Gasteiger partial charge in [0.15, 0.2) is 11.6 Å². The fourth-order valence-electron chi connectivity index (χ4n) is 3.27. The molecule has 4 rings (SSSR count). The van der Waals surface area contributed by atoms with Crippen LogP contribution in [0, 0.1) is 11.6 Å². The number of benzene rings is 1. The summed E-state index contributed by atoms with van der Waals surface area (Å²) in [5, 5.41) is 4.50. The minimum Gasteiger partial charge on any atom is -0.470 e. The van der Waals surface area contributed by atoms with E-state index >= 15 is 0 Å². The van der Waals surface area contributed by atoms with Crippen LogP contribution in [0.15, 0.2) is 36.8 Å². The predicted octanol–water partition coefficient (Wildman–Crippen LogP) is 2.27. The fraction of sp³-hybridized carbons (Fsp3) is 0.263. The van der Waals surface area contributed by atoms with Crippen molar-refractivity contribution in [2.45, 2.75) is 19.6 Å². The molecule has 0 spiro atoms. The molecule has 0 saturated heterocycles. The molecular weight excluding hydrogens is 368 g/mol. The van der Waals surface area contributed by atoms with Crippen LogP contribution in [0.2, 0.25) is 0 Å². The number of hydrogen-bond acceptors (Lipinski definition) is 5. The van der Waals surface area contributed by atoms with Crippen LogP contribution in [0.5, 0.6) is 5.88 Å². The number of nitrogens with zero attached hydrogens (tertiary/aromatic N) is 5. The van der Waals surface area contributed by atoms with Crippen LogP contribution in [0.4, 0.5) is 8.78 Å². The molecule has 1 aromatic carbocycles. The number of hydrogen-bond donors (Lipinski definition) is 0. The van der Waals surface area contributed by atoms with E-state index in [1.807, 2.05) is 7.05 Å². The van der Waals surface area contributed by atoms with Crippen LogP contribution in [0.3, 0.4) is 0 Å². The van der Waals surface area contributed by atoms with Crippen LogP contribution in [-0.4, -0.2) is 37.1 Å². The van der Waals surface area contributed by atoms with Crippen molar-refractivity contribution in [3.63, 3.8) is 0 Å². The monoisotopic (exact) mass is 385 g/mol. The van der Waals surface area contributed by atoms with Crippen LogP contribution in [0.25, 0.3) is 0 Å². The molecule has 0 saturated carbocycles. The summed E-state index contributed by atoms with van der Waals surface area (Å²) in [6.45, 7) is 0.976. The van der Waals surface area contributed by atoms with E-state index < -0.39 is 11.6 Å². The summed E-state index contributed by atoms with van der Waals surface area (Å²) in [5.74, 6) is -1.99. The Balaban J connectivity index is 1.53. The average Bonchev–Trinajstić information content (AvgIpc) is 3.04. The predicted molar refractivity (Wildman–Crippen MR) is 94.4 cm³/mol. The molecule has 0 unspecified atom stereocenters. The Morgan fingerprint density at radius 2 is 2.11 bits per heavy atom. The van der Waals surface area contributed by atoms with Crippen molar-refractivity contribution in [1.82, 2.24) is 24.6 Å². The van der Waals surface area contributed by atoms with Crippen LogP contribution in [-0.2, 0) is 26.6 Å². The maximum Gasteiger partial charge on any atom is 0.254 e. The van der Waals surface area contributed by atoms with E-state index in [4.69, 9.17) is 4.74 Å². The zero-order chi connectivity index (χ0) is 19.7. The molecular formula is C19H17F2N5O2. The Morgan fingerprint density at radius 1 is 1.25 bits per heavy atom. The summed E-state index contributed by atoms with van der Waals surface area (Å²) in [6.07, 6.45) is 5.20. The molecule has 0 bridgehead atoms. The average molecular weight is 385 g/mol. The van der Waals surface area contributed by atoms with Crippen LogP contribution < -0.4 is 4.74 Å². The third-order valence-electron chi connectivity index (χ3n) is 4.68. The molecule has 1 aliphatic heterocycles. The molecule has 144 valence electrons. The smallest absolute Gasteiger partial charge is 0.254 e. The Bertz CT molecular complexity index is 1020. The van der Waals surface area contributed by atoms with Gasteiger partial charge in [-0.25, -0.2) is 13.8 Å². The molecule has 1 amide bonds. The fourth-order valence-corrected chi connectivity index (χ4v) is 3.27. The van der Waals surface area contributed by atoms with Gasteiger partial charge in [-0.15, -0.1) is 0 Å². The molecule has 3 heterocycles. The summed E-state index contributed by atoms with van der Waals surface area (Å²) in [4.78, 5) is 22.3. The van der Waals surface area contributed by atoms with E-state index in [2.05, 4.69) is 15.1 Å². The van der Waals surface area contributed by atoms with Crippen molar-refractivity contribution in [2.75, 3.05) is 6.54 Å². The first-order valence-electron chi connectivity index (χ1n) is 8.69. The summed E-state index contributed by atoms with van der Waals surface area (Å²) >= 11 is 0. The number of aromatic nitrogens is 4. The number of ether oxygens (including phenoxy) is 1. The van der Waals surface area contributed by atoms with Gasteiger partial charge >= 0.3 is 0 Å². The molecule has 7 nitrogen and oxygen atoms in total. The summed E-state index contributed by atoms with van der Waals surface area (Å²) in [7, 11) is 1.84. The third-order valence-corrected chi connectivity index (χ3v) is 4.68. The van der Waals surface area contributed by atoms with Gasteiger partial charge in [-0.05, 0) is 18.2 Å². The maximum atomic E-state index is 13.5. The summed E-state index contributed by atoms with van der Waals surface area (Å²) < 4.78 is 34.1. The van der Waals surface area contributed by atoms with Crippen LogP contribution in [0.1, 0.15) is 27.3 Å². The lowest BCUT2D eigenvalue weighted by molar-refractivity contribution is 0.0731. The number of rotatable bonds is 4. The lowest BCUT2D eigenvalue weighted by atomic mass is 10.0.